The number of aliphatic hydroxyl groups is 1. The van der Waals surface area contributed by atoms with E-state index in [1.54, 1.807) is 7.11 Å². The SMILES string of the molecule is COCCNC(=O)O[C@H]1CC[C@@]2(C)C(CC[C@]3(C)[C@@H]2CC=C2[C@H]4CC(C)(C)CC[C@]4(C(=O)O)CC[C@]23C)[C@]1(C)CO. The zero-order valence-electron chi connectivity index (χ0n) is 26.6. The van der Waals surface area contributed by atoms with E-state index in [0.29, 0.717) is 19.1 Å². The fourth-order valence-corrected chi connectivity index (χ4v) is 11.3. The van der Waals surface area contributed by atoms with Crippen molar-refractivity contribution in [2.75, 3.05) is 26.9 Å². The van der Waals surface area contributed by atoms with E-state index in [1.807, 2.05) is 0 Å². The predicted molar refractivity (Wildman–Crippen MR) is 158 cm³/mol. The molecule has 1 amide bonds. The van der Waals surface area contributed by atoms with E-state index < -0.39 is 22.9 Å². The number of rotatable bonds is 6. The summed E-state index contributed by atoms with van der Waals surface area (Å²) in [5.74, 6) is 0.178. The predicted octanol–water partition coefficient (Wildman–Crippen LogP) is 6.59. The van der Waals surface area contributed by atoms with Crippen LogP contribution >= 0.6 is 0 Å². The van der Waals surface area contributed by atoms with E-state index in [-0.39, 0.29) is 46.2 Å². The van der Waals surface area contributed by atoms with Crippen molar-refractivity contribution in [2.24, 2.45) is 50.2 Å². The Morgan fingerprint density at radius 1 is 0.976 bits per heavy atom. The summed E-state index contributed by atoms with van der Waals surface area (Å²) < 4.78 is 11.0. The van der Waals surface area contributed by atoms with Crippen LogP contribution < -0.4 is 5.32 Å². The van der Waals surface area contributed by atoms with Gasteiger partial charge in [0.15, 0.2) is 0 Å². The standard InChI is InChI=1S/C34H55NO6/c1-29(2)14-16-34(27(37)38)17-15-32(5)22(23(34)20-29)8-9-25-30(3)12-11-26(41-28(39)35-18-19-40-7)31(4,21-36)24(30)10-13-33(25,32)6/h8,23-26,36H,9-21H2,1-7H3,(H,35,39)(H,37,38)/t23-,24?,25-,26+,30+,31+,32-,33-,34+/m1/s1. The molecule has 0 aromatic rings. The summed E-state index contributed by atoms with van der Waals surface area (Å²) in [6, 6.07) is 0. The van der Waals surface area contributed by atoms with E-state index in [0.717, 1.165) is 64.2 Å². The number of hydrogen-bond acceptors (Lipinski definition) is 5. The van der Waals surface area contributed by atoms with Crippen LogP contribution in [0.1, 0.15) is 106 Å². The number of aliphatic carboxylic acids is 1. The first-order valence-electron chi connectivity index (χ1n) is 16.1. The van der Waals surface area contributed by atoms with Gasteiger partial charge in [-0.15, -0.1) is 0 Å². The summed E-state index contributed by atoms with van der Waals surface area (Å²) >= 11 is 0. The quantitative estimate of drug-likeness (QED) is 0.245. The molecule has 4 saturated carbocycles. The molecule has 5 rings (SSSR count). The van der Waals surface area contributed by atoms with Crippen LogP contribution in [0, 0.1) is 50.2 Å². The minimum absolute atomic E-state index is 0.00488. The number of aliphatic hydroxyl groups excluding tert-OH is 1. The third-order valence-corrected chi connectivity index (χ3v) is 14.0. The number of methoxy groups -OCH3 is 1. The first kappa shape index (κ1) is 30.8. The molecule has 0 heterocycles. The maximum atomic E-state index is 12.9. The summed E-state index contributed by atoms with van der Waals surface area (Å²) in [5.41, 5.74) is 0.461. The largest absolute Gasteiger partial charge is 0.481 e. The normalized spacial score (nSPS) is 46.6. The highest BCUT2D eigenvalue weighted by Crippen LogP contribution is 2.75. The highest BCUT2D eigenvalue weighted by atomic mass is 16.6. The molecule has 0 aromatic carbocycles. The Bertz CT molecular complexity index is 1090. The van der Waals surface area contributed by atoms with Crippen LogP contribution in [0.15, 0.2) is 11.6 Å². The van der Waals surface area contributed by atoms with Crippen molar-refractivity contribution in [3.63, 3.8) is 0 Å². The Labute approximate surface area is 247 Å². The first-order valence-corrected chi connectivity index (χ1v) is 16.1. The third kappa shape index (κ3) is 4.41. The fourth-order valence-electron chi connectivity index (χ4n) is 11.3. The van der Waals surface area contributed by atoms with Crippen LogP contribution in [-0.4, -0.2) is 55.2 Å². The number of amides is 1. The second-order valence-corrected chi connectivity index (χ2v) is 16.2. The molecule has 0 saturated heterocycles. The van der Waals surface area contributed by atoms with Crippen molar-refractivity contribution in [3.05, 3.63) is 11.6 Å². The molecule has 1 unspecified atom stereocenters. The molecular weight excluding hydrogens is 518 g/mol. The van der Waals surface area contributed by atoms with Gasteiger partial charge in [0.2, 0.25) is 0 Å². The molecule has 3 N–H and O–H groups in total. The summed E-state index contributed by atoms with van der Waals surface area (Å²) in [6.07, 6.45) is 10.8. The van der Waals surface area contributed by atoms with Gasteiger partial charge in [0.05, 0.1) is 18.6 Å². The summed E-state index contributed by atoms with van der Waals surface area (Å²) in [5, 5.41) is 24.2. The molecule has 9 atom stereocenters. The van der Waals surface area contributed by atoms with E-state index in [2.05, 4.69) is 52.9 Å². The van der Waals surface area contributed by atoms with Crippen molar-refractivity contribution in [2.45, 2.75) is 112 Å². The number of hydrogen-bond donors (Lipinski definition) is 3. The molecule has 0 bridgehead atoms. The lowest BCUT2D eigenvalue weighted by atomic mass is 9.33. The van der Waals surface area contributed by atoms with Crippen molar-refractivity contribution in [1.29, 1.82) is 0 Å². The number of alkyl carbamates (subject to hydrolysis) is 1. The first-order chi connectivity index (χ1) is 19.1. The number of allylic oxidation sites excluding steroid dienone is 2. The zero-order chi connectivity index (χ0) is 30.1. The summed E-state index contributed by atoms with van der Waals surface area (Å²) in [4.78, 5) is 25.5. The van der Waals surface area contributed by atoms with E-state index in [4.69, 9.17) is 9.47 Å². The van der Waals surface area contributed by atoms with Crippen LogP contribution in [0.3, 0.4) is 0 Å². The van der Waals surface area contributed by atoms with Crippen LogP contribution in [0.4, 0.5) is 4.79 Å². The molecule has 41 heavy (non-hydrogen) atoms. The van der Waals surface area contributed by atoms with Crippen molar-refractivity contribution < 1.29 is 29.3 Å². The van der Waals surface area contributed by atoms with E-state index in [1.165, 1.54) is 5.57 Å². The second-order valence-electron chi connectivity index (χ2n) is 16.2. The van der Waals surface area contributed by atoms with Crippen LogP contribution in [-0.2, 0) is 14.3 Å². The lowest BCUT2D eigenvalue weighted by molar-refractivity contribution is -0.216. The lowest BCUT2D eigenvalue weighted by Gasteiger charge is -2.71. The summed E-state index contributed by atoms with van der Waals surface area (Å²) in [7, 11) is 1.60. The number of carbonyl (C=O) groups is 2. The van der Waals surface area contributed by atoms with Gasteiger partial charge >= 0.3 is 12.1 Å². The van der Waals surface area contributed by atoms with Gasteiger partial charge in [0.25, 0.3) is 0 Å². The second kappa shape index (κ2) is 10.2. The maximum absolute atomic E-state index is 12.9. The molecule has 0 aromatic heterocycles. The van der Waals surface area contributed by atoms with Gasteiger partial charge in [-0.3, -0.25) is 4.79 Å². The number of carbonyl (C=O) groups excluding carboxylic acids is 1. The highest BCUT2D eigenvalue weighted by Gasteiger charge is 2.70. The minimum atomic E-state index is -0.625. The van der Waals surface area contributed by atoms with Crippen molar-refractivity contribution in [3.8, 4) is 0 Å². The molecule has 0 spiro atoms. The Morgan fingerprint density at radius 2 is 1.68 bits per heavy atom. The smallest absolute Gasteiger partial charge is 0.407 e. The van der Waals surface area contributed by atoms with Crippen molar-refractivity contribution in [1.82, 2.24) is 5.32 Å². The van der Waals surface area contributed by atoms with Gasteiger partial charge < -0.3 is 25.0 Å². The van der Waals surface area contributed by atoms with Gasteiger partial charge in [-0.05, 0) is 104 Å². The van der Waals surface area contributed by atoms with Crippen molar-refractivity contribution >= 4 is 12.1 Å². The molecule has 232 valence electrons. The van der Waals surface area contributed by atoms with Gasteiger partial charge in [-0.2, -0.15) is 0 Å². The highest BCUT2D eigenvalue weighted by molar-refractivity contribution is 5.76. The minimum Gasteiger partial charge on any atom is -0.481 e. The lowest BCUT2D eigenvalue weighted by Crippen LogP contribution is -2.66. The summed E-state index contributed by atoms with van der Waals surface area (Å²) in [6.45, 7) is 15.0. The van der Waals surface area contributed by atoms with Gasteiger partial charge in [0, 0.05) is 19.1 Å². The van der Waals surface area contributed by atoms with E-state index in [9.17, 15) is 19.8 Å². The van der Waals surface area contributed by atoms with Gasteiger partial charge in [-0.25, -0.2) is 4.79 Å². The molecule has 7 nitrogen and oxygen atoms in total. The molecule has 4 fully saturated rings. The van der Waals surface area contributed by atoms with E-state index >= 15 is 0 Å². The zero-order valence-corrected chi connectivity index (χ0v) is 26.6. The molecule has 0 radical (unpaired) electrons. The molecule has 7 heteroatoms. The maximum Gasteiger partial charge on any atom is 0.407 e. The number of carboxylic acid groups (broad SMARTS) is 1. The van der Waals surface area contributed by atoms with Crippen LogP contribution in [0.25, 0.3) is 0 Å². The Morgan fingerprint density at radius 3 is 2.34 bits per heavy atom. The number of nitrogens with one attached hydrogen (secondary N) is 1. The van der Waals surface area contributed by atoms with Crippen LogP contribution in [0.2, 0.25) is 0 Å². The molecule has 5 aliphatic carbocycles. The monoisotopic (exact) mass is 573 g/mol. The Balaban J connectivity index is 1.47. The molecule has 5 aliphatic rings. The Hall–Kier alpha value is -1.60. The third-order valence-electron chi connectivity index (χ3n) is 14.0. The molecule has 0 aliphatic heterocycles. The number of ether oxygens (including phenoxy) is 2. The van der Waals surface area contributed by atoms with Gasteiger partial charge in [-0.1, -0.05) is 53.2 Å². The number of fused-ring (bicyclic) bond motifs is 7. The van der Waals surface area contributed by atoms with Gasteiger partial charge in [0.1, 0.15) is 6.10 Å². The number of carboxylic acids is 1. The topological polar surface area (TPSA) is 105 Å². The average molecular weight is 574 g/mol. The Kier molecular flexibility index (Phi) is 7.71. The average Bonchev–Trinajstić information content (AvgIpc) is 2.90. The fraction of sp³-hybridized carbons (Fsp3) is 0.882. The molecular formula is C34H55NO6. The van der Waals surface area contributed by atoms with Crippen LogP contribution in [0.5, 0.6) is 0 Å².